The Balaban J connectivity index is 1.38. The van der Waals surface area contributed by atoms with Crippen molar-refractivity contribution in [3.05, 3.63) is 90.6 Å². The monoisotopic (exact) mass is 487 g/mol. The summed E-state index contributed by atoms with van der Waals surface area (Å²) in [6.45, 7) is 0.0430. The molecule has 2 N–H and O–H groups in total. The van der Waals surface area contributed by atoms with Crippen LogP contribution < -0.4 is 10.0 Å². The van der Waals surface area contributed by atoms with Gasteiger partial charge in [-0.1, -0.05) is 30.3 Å². The molecule has 0 aliphatic carbocycles. The Morgan fingerprint density at radius 3 is 2.57 bits per heavy atom. The minimum Gasteiger partial charge on any atom is -0.373 e. The van der Waals surface area contributed by atoms with Crippen LogP contribution in [0.25, 0.3) is 32.9 Å². The molecule has 7 nitrogen and oxygen atoms in total. The molecule has 0 bridgehead atoms. The van der Waals surface area contributed by atoms with E-state index in [2.05, 4.69) is 25.0 Å². The summed E-state index contributed by atoms with van der Waals surface area (Å²) in [5.74, 6) is 0.316. The van der Waals surface area contributed by atoms with E-state index in [1.807, 2.05) is 18.2 Å². The van der Waals surface area contributed by atoms with Gasteiger partial charge in [0.1, 0.15) is 22.9 Å². The molecule has 2 heterocycles. The molecule has 0 saturated heterocycles. The number of halogens is 1. The molecule has 5 rings (SSSR count). The van der Waals surface area contributed by atoms with Crippen molar-refractivity contribution in [1.29, 1.82) is 0 Å². The number of nitrogens with one attached hydrogen (secondary N) is 2. The summed E-state index contributed by atoms with van der Waals surface area (Å²) in [7, 11) is -2.03. The molecular formula is C26H22FN5O2S. The van der Waals surface area contributed by atoms with Gasteiger partial charge >= 0.3 is 0 Å². The van der Waals surface area contributed by atoms with E-state index in [4.69, 9.17) is 0 Å². The Labute approximate surface area is 202 Å². The number of rotatable bonds is 7. The highest BCUT2D eigenvalue weighted by Gasteiger charge is 2.18. The third-order valence-corrected chi connectivity index (χ3v) is 7.32. The molecule has 0 amide bonds. The van der Waals surface area contributed by atoms with E-state index >= 15 is 0 Å². The summed E-state index contributed by atoms with van der Waals surface area (Å²) in [4.78, 5) is 12.8. The maximum absolute atomic E-state index is 14.6. The first-order valence-corrected chi connectivity index (χ1v) is 12.5. The average molecular weight is 488 g/mol. The van der Waals surface area contributed by atoms with Gasteiger partial charge in [0.05, 0.1) is 11.0 Å². The van der Waals surface area contributed by atoms with Gasteiger partial charge in [0, 0.05) is 30.6 Å². The number of hydrogen-bond donors (Lipinski definition) is 2. The highest BCUT2D eigenvalue weighted by molar-refractivity contribution is 7.89. The van der Waals surface area contributed by atoms with Crippen molar-refractivity contribution < 1.29 is 12.8 Å². The Hall–Kier alpha value is -3.95. The molecule has 176 valence electrons. The first kappa shape index (κ1) is 22.8. The molecule has 0 spiro atoms. The van der Waals surface area contributed by atoms with E-state index in [0.29, 0.717) is 16.9 Å². The lowest BCUT2D eigenvalue weighted by Gasteiger charge is -2.11. The Morgan fingerprint density at radius 1 is 0.914 bits per heavy atom. The van der Waals surface area contributed by atoms with Crippen molar-refractivity contribution >= 4 is 37.6 Å². The summed E-state index contributed by atoms with van der Waals surface area (Å²) in [5, 5.41) is 4.64. The zero-order valence-electron chi connectivity index (χ0n) is 18.9. The van der Waals surface area contributed by atoms with Crippen molar-refractivity contribution in [2.75, 3.05) is 18.9 Å². The number of benzene rings is 3. The number of hydrogen-bond acceptors (Lipinski definition) is 6. The Kier molecular flexibility index (Phi) is 6.10. The van der Waals surface area contributed by atoms with Crippen LogP contribution in [0, 0.1) is 5.82 Å². The lowest BCUT2D eigenvalue weighted by atomic mass is 10.00. The number of fused-ring (bicyclic) bond motifs is 2. The number of pyridine rings is 1. The van der Waals surface area contributed by atoms with Gasteiger partial charge in [0.15, 0.2) is 0 Å². The molecule has 35 heavy (non-hydrogen) atoms. The Bertz CT molecular complexity index is 1650. The predicted molar refractivity (Wildman–Crippen MR) is 135 cm³/mol. The van der Waals surface area contributed by atoms with E-state index in [-0.39, 0.29) is 23.7 Å². The summed E-state index contributed by atoms with van der Waals surface area (Å²) >= 11 is 0. The molecule has 0 radical (unpaired) electrons. The molecule has 5 aromatic rings. The third-order valence-electron chi connectivity index (χ3n) is 5.82. The van der Waals surface area contributed by atoms with Crippen LogP contribution in [0.4, 0.5) is 10.2 Å². The molecule has 3 aromatic carbocycles. The fourth-order valence-electron chi connectivity index (χ4n) is 4.07. The summed E-state index contributed by atoms with van der Waals surface area (Å²) in [6, 6.07) is 19.2. The smallest absolute Gasteiger partial charge is 0.242 e. The second-order valence-corrected chi connectivity index (χ2v) is 9.72. The number of sulfonamides is 1. The van der Waals surface area contributed by atoms with Crippen LogP contribution in [-0.4, -0.2) is 37.0 Å². The lowest BCUT2D eigenvalue weighted by Crippen LogP contribution is -2.26. The van der Waals surface area contributed by atoms with E-state index in [1.54, 1.807) is 49.6 Å². The largest absolute Gasteiger partial charge is 0.373 e. The van der Waals surface area contributed by atoms with Crippen LogP contribution in [0.2, 0.25) is 0 Å². The van der Waals surface area contributed by atoms with Gasteiger partial charge in [-0.2, -0.15) is 0 Å². The zero-order valence-corrected chi connectivity index (χ0v) is 19.7. The Morgan fingerprint density at radius 2 is 1.71 bits per heavy atom. The van der Waals surface area contributed by atoms with E-state index < -0.39 is 10.0 Å². The summed E-state index contributed by atoms with van der Waals surface area (Å²) < 4.78 is 43.0. The lowest BCUT2D eigenvalue weighted by molar-refractivity contribution is 0.578. The average Bonchev–Trinajstić information content (AvgIpc) is 2.88. The molecule has 2 aromatic heterocycles. The second kappa shape index (κ2) is 9.36. The summed E-state index contributed by atoms with van der Waals surface area (Å²) in [5.41, 5.74) is 3.31. The van der Waals surface area contributed by atoms with Gasteiger partial charge in [-0.25, -0.2) is 27.5 Å². The van der Waals surface area contributed by atoms with Gasteiger partial charge in [-0.05, 0) is 59.5 Å². The normalized spacial score (nSPS) is 11.7. The fourth-order valence-corrected chi connectivity index (χ4v) is 5.28. The maximum atomic E-state index is 14.6. The second-order valence-electron chi connectivity index (χ2n) is 7.99. The minimum atomic E-state index is -3.82. The van der Waals surface area contributed by atoms with Gasteiger partial charge in [0.25, 0.3) is 0 Å². The molecular weight excluding hydrogens is 465 g/mol. The van der Waals surface area contributed by atoms with Crippen LogP contribution >= 0.6 is 0 Å². The maximum Gasteiger partial charge on any atom is 0.242 e. The highest BCUT2D eigenvalue weighted by atomic mass is 32.2. The minimum absolute atomic E-state index is 0.0430. The highest BCUT2D eigenvalue weighted by Crippen LogP contribution is 2.28. The fraction of sp³-hybridized carbons (Fsp3) is 0.115. The van der Waals surface area contributed by atoms with Crippen LogP contribution in [-0.2, 0) is 16.4 Å². The van der Waals surface area contributed by atoms with Gasteiger partial charge < -0.3 is 5.32 Å². The van der Waals surface area contributed by atoms with E-state index in [1.165, 1.54) is 18.5 Å². The van der Waals surface area contributed by atoms with Crippen LogP contribution in [0.1, 0.15) is 5.56 Å². The number of nitrogens with zero attached hydrogens (tertiary/aromatic N) is 3. The first-order valence-electron chi connectivity index (χ1n) is 11.0. The molecule has 0 aliphatic rings. The number of anilines is 1. The van der Waals surface area contributed by atoms with Crippen molar-refractivity contribution in [3.63, 3.8) is 0 Å². The van der Waals surface area contributed by atoms with Gasteiger partial charge in [0.2, 0.25) is 10.0 Å². The number of para-hydroxylation sites is 1. The van der Waals surface area contributed by atoms with Crippen molar-refractivity contribution in [3.8, 4) is 11.1 Å². The van der Waals surface area contributed by atoms with Gasteiger partial charge in [-0.3, -0.25) is 4.98 Å². The van der Waals surface area contributed by atoms with Crippen molar-refractivity contribution in [2.24, 2.45) is 0 Å². The summed E-state index contributed by atoms with van der Waals surface area (Å²) in [6.07, 6.45) is 3.25. The third kappa shape index (κ3) is 4.55. The van der Waals surface area contributed by atoms with Crippen molar-refractivity contribution in [1.82, 2.24) is 19.7 Å². The van der Waals surface area contributed by atoms with Crippen LogP contribution in [0.15, 0.2) is 84.1 Å². The van der Waals surface area contributed by atoms with Crippen LogP contribution in [0.3, 0.4) is 0 Å². The van der Waals surface area contributed by atoms with Crippen LogP contribution in [0.5, 0.6) is 0 Å². The SMILES string of the molecule is CNc1ncnc2ccc(-c3ccc(F)c(CCNS(=O)(=O)c4cccc5cccnc45)c3)cc12. The number of aromatic nitrogens is 3. The van der Waals surface area contributed by atoms with E-state index in [9.17, 15) is 12.8 Å². The predicted octanol–water partition coefficient (Wildman–Crippen LogP) is 4.55. The van der Waals surface area contributed by atoms with Gasteiger partial charge in [-0.15, -0.1) is 0 Å². The zero-order chi connectivity index (χ0) is 24.4. The first-order chi connectivity index (χ1) is 17.0. The standard InChI is InChI=1S/C26H22FN5O2S/c1-28-26-21-15-19(8-10-23(21)30-16-31-26)18-7-9-22(27)20(14-18)11-13-32-35(33,34)24-6-2-4-17-5-3-12-29-25(17)24/h2-10,12,14-16,32H,11,13H2,1H3,(H,28,30,31). The quantitative estimate of drug-likeness (QED) is 0.350. The molecule has 0 unspecified atom stereocenters. The topological polar surface area (TPSA) is 96.9 Å². The molecule has 0 saturated carbocycles. The van der Waals surface area contributed by atoms with Crippen molar-refractivity contribution in [2.45, 2.75) is 11.3 Å². The van der Waals surface area contributed by atoms with E-state index in [0.717, 1.165) is 27.4 Å². The molecule has 0 atom stereocenters. The molecule has 9 heteroatoms. The molecule has 0 aliphatic heterocycles. The molecule has 0 fully saturated rings.